The SMILES string of the molecule is CC(C)(C)OC(=O)N[C@H](CC/C(CCl)=N/OCc1ccccc1)C(=O)O. The van der Waals surface area contributed by atoms with E-state index < -0.39 is 23.7 Å². The molecule has 0 unspecified atom stereocenters. The lowest BCUT2D eigenvalue weighted by molar-refractivity contribution is -0.139. The minimum absolute atomic E-state index is 0.105. The van der Waals surface area contributed by atoms with E-state index in [0.29, 0.717) is 12.3 Å². The fraction of sp³-hybridized carbons (Fsp3) is 0.500. The van der Waals surface area contributed by atoms with Crippen molar-refractivity contribution in [1.82, 2.24) is 5.32 Å². The average Bonchev–Trinajstić information content (AvgIpc) is 2.55. The van der Waals surface area contributed by atoms with Gasteiger partial charge >= 0.3 is 12.1 Å². The molecule has 1 rings (SSSR count). The summed E-state index contributed by atoms with van der Waals surface area (Å²) in [7, 11) is 0. The van der Waals surface area contributed by atoms with Gasteiger partial charge in [-0.1, -0.05) is 35.5 Å². The molecule has 0 saturated heterocycles. The van der Waals surface area contributed by atoms with Crippen LogP contribution in [0.15, 0.2) is 35.5 Å². The molecular weight excluding hydrogens is 360 g/mol. The van der Waals surface area contributed by atoms with Crippen LogP contribution in [0.5, 0.6) is 0 Å². The Kier molecular flexibility index (Phi) is 8.92. The third-order valence-electron chi connectivity index (χ3n) is 3.13. The highest BCUT2D eigenvalue weighted by Crippen LogP contribution is 2.09. The van der Waals surface area contributed by atoms with E-state index in [2.05, 4.69) is 10.5 Å². The van der Waals surface area contributed by atoms with Gasteiger partial charge in [-0.3, -0.25) is 0 Å². The molecule has 0 aliphatic carbocycles. The number of hydrogen-bond donors (Lipinski definition) is 2. The molecule has 0 heterocycles. The summed E-state index contributed by atoms with van der Waals surface area (Å²) in [5.74, 6) is -1.05. The van der Waals surface area contributed by atoms with Crippen LogP contribution in [0.2, 0.25) is 0 Å². The van der Waals surface area contributed by atoms with Crippen LogP contribution < -0.4 is 5.32 Å². The van der Waals surface area contributed by atoms with Crippen LogP contribution in [-0.2, 0) is 21.0 Å². The molecule has 0 bridgehead atoms. The fourth-order valence-corrected chi connectivity index (χ4v) is 2.11. The number of rotatable bonds is 9. The molecule has 0 fully saturated rings. The zero-order chi connectivity index (χ0) is 19.6. The molecule has 1 aromatic rings. The largest absolute Gasteiger partial charge is 0.480 e. The van der Waals surface area contributed by atoms with E-state index in [-0.39, 0.29) is 18.7 Å². The first kappa shape index (κ1) is 21.8. The zero-order valence-electron chi connectivity index (χ0n) is 15.2. The number of carboxylic acid groups (broad SMARTS) is 1. The van der Waals surface area contributed by atoms with E-state index in [9.17, 15) is 14.7 Å². The van der Waals surface area contributed by atoms with Crippen molar-refractivity contribution in [2.45, 2.75) is 51.9 Å². The smallest absolute Gasteiger partial charge is 0.408 e. The lowest BCUT2D eigenvalue weighted by Gasteiger charge is -2.22. The molecule has 7 nitrogen and oxygen atoms in total. The van der Waals surface area contributed by atoms with Gasteiger partial charge in [-0.15, -0.1) is 11.6 Å². The van der Waals surface area contributed by atoms with E-state index >= 15 is 0 Å². The van der Waals surface area contributed by atoms with Crippen molar-refractivity contribution in [3.05, 3.63) is 35.9 Å². The number of nitrogens with one attached hydrogen (secondary N) is 1. The summed E-state index contributed by atoms with van der Waals surface area (Å²) < 4.78 is 5.07. The Balaban J connectivity index is 2.52. The Bertz CT molecular complexity index is 614. The first-order valence-electron chi connectivity index (χ1n) is 8.21. The number of hydrogen-bond acceptors (Lipinski definition) is 5. The monoisotopic (exact) mass is 384 g/mol. The molecular formula is C18H25ClN2O5. The Morgan fingerprint density at radius 1 is 1.27 bits per heavy atom. The second-order valence-electron chi connectivity index (χ2n) is 6.63. The number of carbonyl (C=O) groups is 2. The summed E-state index contributed by atoms with van der Waals surface area (Å²) in [6.07, 6.45) is -0.394. The van der Waals surface area contributed by atoms with Crippen LogP contribution >= 0.6 is 11.6 Å². The number of carboxylic acids is 1. The van der Waals surface area contributed by atoms with E-state index in [1.54, 1.807) is 20.8 Å². The number of benzene rings is 1. The number of aliphatic carboxylic acids is 1. The van der Waals surface area contributed by atoms with Crippen molar-refractivity contribution in [2.75, 3.05) is 5.88 Å². The number of ether oxygens (including phenoxy) is 1. The zero-order valence-corrected chi connectivity index (χ0v) is 16.0. The van der Waals surface area contributed by atoms with Gasteiger partial charge in [0.1, 0.15) is 18.2 Å². The first-order chi connectivity index (χ1) is 12.2. The van der Waals surface area contributed by atoms with Gasteiger partial charge in [0.25, 0.3) is 0 Å². The summed E-state index contributed by atoms with van der Waals surface area (Å²) in [5, 5.41) is 15.5. The van der Waals surface area contributed by atoms with Crippen LogP contribution in [0.4, 0.5) is 4.79 Å². The molecule has 26 heavy (non-hydrogen) atoms. The number of nitrogens with zero attached hydrogens (tertiary/aromatic N) is 1. The summed E-state index contributed by atoms with van der Waals surface area (Å²) in [6.45, 7) is 5.39. The molecule has 0 radical (unpaired) electrons. The Morgan fingerprint density at radius 3 is 2.46 bits per heavy atom. The third-order valence-corrected chi connectivity index (χ3v) is 3.44. The van der Waals surface area contributed by atoms with Gasteiger partial charge in [0, 0.05) is 0 Å². The highest BCUT2D eigenvalue weighted by Gasteiger charge is 2.24. The molecule has 1 atom stereocenters. The van der Waals surface area contributed by atoms with Crippen molar-refractivity contribution < 1.29 is 24.3 Å². The predicted octanol–water partition coefficient (Wildman–Crippen LogP) is 3.56. The summed E-state index contributed by atoms with van der Waals surface area (Å²) in [4.78, 5) is 28.3. The molecule has 0 spiro atoms. The third kappa shape index (κ3) is 9.27. The van der Waals surface area contributed by atoms with Crippen molar-refractivity contribution in [3.63, 3.8) is 0 Å². The number of halogens is 1. The van der Waals surface area contributed by atoms with E-state index in [4.69, 9.17) is 21.2 Å². The Morgan fingerprint density at radius 2 is 1.92 bits per heavy atom. The summed E-state index contributed by atoms with van der Waals surface area (Å²) in [6, 6.07) is 8.39. The molecule has 0 aromatic heterocycles. The molecule has 0 saturated carbocycles. The fourth-order valence-electron chi connectivity index (χ4n) is 1.93. The second-order valence-corrected chi connectivity index (χ2v) is 6.89. The number of oxime groups is 1. The van der Waals surface area contributed by atoms with Gasteiger partial charge in [0.2, 0.25) is 0 Å². The molecule has 1 amide bonds. The van der Waals surface area contributed by atoms with Crippen LogP contribution in [-0.4, -0.2) is 40.4 Å². The van der Waals surface area contributed by atoms with Crippen LogP contribution in [0.25, 0.3) is 0 Å². The predicted molar refractivity (Wildman–Crippen MR) is 99.4 cm³/mol. The molecule has 144 valence electrons. The maximum absolute atomic E-state index is 11.7. The van der Waals surface area contributed by atoms with Crippen molar-refractivity contribution in [3.8, 4) is 0 Å². The van der Waals surface area contributed by atoms with Crippen molar-refractivity contribution in [2.24, 2.45) is 5.16 Å². The van der Waals surface area contributed by atoms with Gasteiger partial charge < -0.3 is 20.0 Å². The summed E-state index contributed by atoms with van der Waals surface area (Å²) >= 11 is 5.83. The minimum atomic E-state index is -1.16. The van der Waals surface area contributed by atoms with Gasteiger partial charge in [0.05, 0.1) is 11.6 Å². The van der Waals surface area contributed by atoms with Gasteiger partial charge in [-0.05, 0) is 39.2 Å². The van der Waals surface area contributed by atoms with Crippen LogP contribution in [0.3, 0.4) is 0 Å². The standard InChI is InChI=1S/C18H25ClN2O5/c1-18(2,3)26-17(24)20-15(16(22)23)10-9-14(11-19)21-25-12-13-7-5-4-6-8-13/h4-8,15H,9-12H2,1-3H3,(H,20,24)(H,22,23)/b21-14-/t15-/m1/s1. The van der Waals surface area contributed by atoms with E-state index in [1.165, 1.54) is 0 Å². The highest BCUT2D eigenvalue weighted by molar-refractivity contribution is 6.28. The average molecular weight is 385 g/mol. The number of alkyl halides is 1. The molecule has 8 heteroatoms. The number of carbonyl (C=O) groups excluding carboxylic acids is 1. The van der Waals surface area contributed by atoms with Crippen molar-refractivity contribution in [1.29, 1.82) is 0 Å². The lowest BCUT2D eigenvalue weighted by Crippen LogP contribution is -2.43. The quantitative estimate of drug-likeness (QED) is 0.385. The molecule has 0 aliphatic heterocycles. The first-order valence-corrected chi connectivity index (χ1v) is 8.74. The van der Waals surface area contributed by atoms with E-state index in [1.807, 2.05) is 30.3 Å². The number of amides is 1. The molecule has 2 N–H and O–H groups in total. The van der Waals surface area contributed by atoms with Crippen LogP contribution in [0, 0.1) is 0 Å². The van der Waals surface area contributed by atoms with Gasteiger partial charge in [-0.25, -0.2) is 9.59 Å². The highest BCUT2D eigenvalue weighted by atomic mass is 35.5. The normalized spacial score (nSPS) is 13.0. The minimum Gasteiger partial charge on any atom is -0.480 e. The van der Waals surface area contributed by atoms with Gasteiger partial charge in [0.15, 0.2) is 0 Å². The molecule has 1 aromatic carbocycles. The van der Waals surface area contributed by atoms with E-state index in [0.717, 1.165) is 5.56 Å². The maximum Gasteiger partial charge on any atom is 0.408 e. The Hall–Kier alpha value is -2.28. The second kappa shape index (κ2) is 10.7. The van der Waals surface area contributed by atoms with Gasteiger partial charge in [-0.2, -0.15) is 0 Å². The topological polar surface area (TPSA) is 97.2 Å². The Labute approximate surface area is 158 Å². The van der Waals surface area contributed by atoms with Crippen LogP contribution in [0.1, 0.15) is 39.2 Å². The summed E-state index contributed by atoms with van der Waals surface area (Å²) in [5.41, 5.74) is 0.751. The number of alkyl carbamates (subject to hydrolysis) is 1. The molecule has 0 aliphatic rings. The maximum atomic E-state index is 11.7. The lowest BCUT2D eigenvalue weighted by atomic mass is 10.1. The van der Waals surface area contributed by atoms with Crippen molar-refractivity contribution >= 4 is 29.4 Å².